The van der Waals surface area contributed by atoms with E-state index < -0.39 is 9.28 Å². The molecule has 1 aliphatic heterocycles. The first-order valence-corrected chi connectivity index (χ1v) is 10.2. The molecule has 0 spiro atoms. The van der Waals surface area contributed by atoms with Crippen LogP contribution in [0.25, 0.3) is 0 Å². The summed E-state index contributed by atoms with van der Waals surface area (Å²) in [4.78, 5) is 0. The summed E-state index contributed by atoms with van der Waals surface area (Å²) in [5.74, 6) is 2.33. The van der Waals surface area contributed by atoms with E-state index >= 15 is 0 Å². The number of fused-ring (bicyclic) bond motifs is 2. The first-order chi connectivity index (χ1) is 9.68. The molecule has 4 unspecified atom stereocenters. The van der Waals surface area contributed by atoms with Gasteiger partial charge in [0.15, 0.2) is 0 Å². The van der Waals surface area contributed by atoms with Gasteiger partial charge in [0, 0.05) is 24.2 Å². The lowest BCUT2D eigenvalue weighted by atomic mass is 9.73. The van der Waals surface area contributed by atoms with Gasteiger partial charge in [0.2, 0.25) is 0 Å². The Morgan fingerprint density at radius 2 is 1.95 bits per heavy atom. The highest BCUT2D eigenvalue weighted by molar-refractivity contribution is 6.46. The Kier molecular flexibility index (Phi) is 4.39. The van der Waals surface area contributed by atoms with Gasteiger partial charge < -0.3 is 8.85 Å². The molecule has 1 saturated heterocycles. The van der Waals surface area contributed by atoms with Crippen molar-refractivity contribution in [3.8, 4) is 0 Å². The molecular weight excluding hydrogens is 264 g/mol. The maximum absolute atomic E-state index is 6.37. The zero-order valence-corrected chi connectivity index (χ0v) is 14.5. The molecule has 3 rings (SSSR count). The minimum atomic E-state index is -1.43. The molecule has 2 nitrogen and oxygen atoms in total. The first kappa shape index (κ1) is 14.8. The molecule has 0 N–H and O–H groups in total. The predicted octanol–water partition coefficient (Wildman–Crippen LogP) is 4.05. The molecule has 0 radical (unpaired) electrons. The molecule has 1 heterocycles. The van der Waals surface area contributed by atoms with Crippen LogP contribution in [0.4, 0.5) is 0 Å². The third kappa shape index (κ3) is 2.53. The monoisotopic (exact) mass is 294 g/mol. The van der Waals surface area contributed by atoms with Gasteiger partial charge >= 0.3 is 9.28 Å². The number of rotatable bonds is 5. The van der Waals surface area contributed by atoms with Gasteiger partial charge in [-0.1, -0.05) is 45.8 Å². The van der Waals surface area contributed by atoms with Crippen LogP contribution in [-0.4, -0.2) is 22.5 Å². The number of hydrogen-bond acceptors (Lipinski definition) is 2. The van der Waals surface area contributed by atoms with Crippen molar-refractivity contribution in [1.29, 1.82) is 0 Å². The molecule has 0 aromatic heterocycles. The molecule has 2 fully saturated rings. The second-order valence-electron chi connectivity index (χ2n) is 7.34. The van der Waals surface area contributed by atoms with Gasteiger partial charge in [0.25, 0.3) is 0 Å². The fraction of sp³-hybridized carbons (Fsp3) is 0.882. The molecule has 0 aromatic rings. The fourth-order valence-corrected chi connectivity index (χ4v) is 7.39. The molecule has 3 heteroatoms. The van der Waals surface area contributed by atoms with Crippen LogP contribution in [0.2, 0.25) is 5.54 Å². The Labute approximate surface area is 125 Å². The van der Waals surface area contributed by atoms with E-state index in [0.717, 1.165) is 30.6 Å². The number of allylic oxidation sites excluding steroid dienone is 2. The molecule has 2 aliphatic carbocycles. The maximum atomic E-state index is 6.37. The molecule has 0 amide bonds. The SMILES string of the molecule is CCCC(C)C1(CC)CO[SiH](C2CC3C=CC2C3)OC1. The summed E-state index contributed by atoms with van der Waals surface area (Å²) in [5, 5.41) is 0. The van der Waals surface area contributed by atoms with Gasteiger partial charge in [-0.25, -0.2) is 0 Å². The molecule has 20 heavy (non-hydrogen) atoms. The van der Waals surface area contributed by atoms with Crippen molar-refractivity contribution in [2.75, 3.05) is 13.2 Å². The van der Waals surface area contributed by atoms with Crippen molar-refractivity contribution >= 4 is 9.28 Å². The normalized spacial score (nSPS) is 45.0. The molecular formula is C17H30O2Si. The van der Waals surface area contributed by atoms with E-state index in [2.05, 4.69) is 32.9 Å². The van der Waals surface area contributed by atoms with E-state index in [9.17, 15) is 0 Å². The fourth-order valence-electron chi connectivity index (χ4n) is 4.55. The Balaban J connectivity index is 1.59. The zero-order valence-electron chi connectivity index (χ0n) is 13.3. The molecule has 114 valence electrons. The Hall–Kier alpha value is -0.123. The quantitative estimate of drug-likeness (QED) is 0.562. The van der Waals surface area contributed by atoms with Crippen molar-refractivity contribution in [2.45, 2.75) is 58.4 Å². The summed E-state index contributed by atoms with van der Waals surface area (Å²) < 4.78 is 12.7. The Morgan fingerprint density at radius 3 is 2.45 bits per heavy atom. The molecule has 0 aromatic carbocycles. The van der Waals surface area contributed by atoms with Crippen molar-refractivity contribution in [3.63, 3.8) is 0 Å². The van der Waals surface area contributed by atoms with Crippen molar-refractivity contribution in [1.82, 2.24) is 0 Å². The van der Waals surface area contributed by atoms with E-state index in [1.807, 2.05) is 0 Å². The van der Waals surface area contributed by atoms with E-state index in [4.69, 9.17) is 8.85 Å². The molecule has 1 saturated carbocycles. The van der Waals surface area contributed by atoms with Crippen LogP contribution in [0.15, 0.2) is 12.2 Å². The van der Waals surface area contributed by atoms with Crippen molar-refractivity contribution in [2.24, 2.45) is 23.2 Å². The van der Waals surface area contributed by atoms with Crippen LogP contribution < -0.4 is 0 Å². The molecule has 3 aliphatic rings. The smallest absolute Gasteiger partial charge is 0.325 e. The zero-order chi connectivity index (χ0) is 14.2. The van der Waals surface area contributed by atoms with Crippen LogP contribution in [0.1, 0.15) is 52.9 Å². The lowest BCUT2D eigenvalue weighted by molar-refractivity contribution is -0.0391. The maximum Gasteiger partial charge on any atom is 0.325 e. The second kappa shape index (κ2) is 5.94. The third-order valence-electron chi connectivity index (χ3n) is 6.22. The van der Waals surface area contributed by atoms with Crippen LogP contribution in [0.3, 0.4) is 0 Å². The average Bonchev–Trinajstić information content (AvgIpc) is 3.10. The second-order valence-corrected chi connectivity index (χ2v) is 9.60. The van der Waals surface area contributed by atoms with Gasteiger partial charge in [0.1, 0.15) is 0 Å². The third-order valence-corrected chi connectivity index (χ3v) is 8.68. The van der Waals surface area contributed by atoms with Crippen LogP contribution in [-0.2, 0) is 8.85 Å². The van der Waals surface area contributed by atoms with Gasteiger partial charge in [-0.15, -0.1) is 0 Å². The topological polar surface area (TPSA) is 18.5 Å². The van der Waals surface area contributed by atoms with Crippen LogP contribution in [0, 0.1) is 23.2 Å². The van der Waals surface area contributed by atoms with Crippen molar-refractivity contribution < 1.29 is 8.85 Å². The largest absolute Gasteiger partial charge is 0.396 e. The number of hydrogen-bond donors (Lipinski definition) is 0. The summed E-state index contributed by atoms with van der Waals surface area (Å²) >= 11 is 0. The summed E-state index contributed by atoms with van der Waals surface area (Å²) in [6.07, 6.45) is 11.3. The summed E-state index contributed by atoms with van der Waals surface area (Å²) in [6.45, 7) is 8.89. The van der Waals surface area contributed by atoms with Gasteiger partial charge in [-0.3, -0.25) is 0 Å². The minimum Gasteiger partial charge on any atom is -0.396 e. The summed E-state index contributed by atoms with van der Waals surface area (Å²) in [7, 11) is -1.43. The van der Waals surface area contributed by atoms with E-state index in [1.165, 1.54) is 32.1 Å². The van der Waals surface area contributed by atoms with Crippen LogP contribution >= 0.6 is 0 Å². The minimum absolute atomic E-state index is 0.285. The molecule has 4 atom stereocenters. The van der Waals surface area contributed by atoms with Crippen molar-refractivity contribution in [3.05, 3.63) is 12.2 Å². The standard InChI is InChI=1S/C17H30O2Si/c1-4-6-13(3)17(5-2)11-18-20(19-12-17)16-10-14-7-8-15(16)9-14/h7-8,13-16,20H,4-6,9-12H2,1-3H3. The average molecular weight is 295 g/mol. The van der Waals surface area contributed by atoms with E-state index in [1.54, 1.807) is 0 Å². The molecule has 2 bridgehead atoms. The Bertz CT molecular complexity index is 360. The van der Waals surface area contributed by atoms with E-state index in [-0.39, 0.29) is 5.41 Å². The predicted molar refractivity (Wildman–Crippen MR) is 85.0 cm³/mol. The lowest BCUT2D eigenvalue weighted by Gasteiger charge is -2.45. The summed E-state index contributed by atoms with van der Waals surface area (Å²) in [5.41, 5.74) is 1.04. The first-order valence-electron chi connectivity index (χ1n) is 8.60. The highest BCUT2D eigenvalue weighted by Crippen LogP contribution is 2.50. The highest BCUT2D eigenvalue weighted by atomic mass is 28.3. The Morgan fingerprint density at radius 1 is 1.20 bits per heavy atom. The summed E-state index contributed by atoms with van der Waals surface area (Å²) in [6, 6.07) is 0. The lowest BCUT2D eigenvalue weighted by Crippen LogP contribution is -2.49. The van der Waals surface area contributed by atoms with Gasteiger partial charge in [-0.05, 0) is 37.0 Å². The van der Waals surface area contributed by atoms with Gasteiger partial charge in [-0.2, -0.15) is 0 Å². The highest BCUT2D eigenvalue weighted by Gasteiger charge is 2.47. The van der Waals surface area contributed by atoms with E-state index in [0.29, 0.717) is 5.92 Å². The van der Waals surface area contributed by atoms with Gasteiger partial charge in [0.05, 0.1) is 0 Å². The van der Waals surface area contributed by atoms with Crippen LogP contribution in [0.5, 0.6) is 0 Å².